The highest BCUT2D eigenvalue weighted by atomic mass is 16.5. The SMILES string of the molecule is C=CCN(Cc1ccc(OC)cc1)C(=O)CC[C@H](NC(=O)[C@@H](C)N)C(=O)OC. The molecule has 0 aliphatic rings. The van der Waals surface area contributed by atoms with Crippen LogP contribution in [0.25, 0.3) is 0 Å². The van der Waals surface area contributed by atoms with Gasteiger partial charge in [0, 0.05) is 19.5 Å². The number of ether oxygens (including phenoxy) is 2. The van der Waals surface area contributed by atoms with Crippen LogP contribution in [-0.4, -0.2) is 55.5 Å². The Bertz CT molecular complexity index is 673. The van der Waals surface area contributed by atoms with Crippen LogP contribution in [0.5, 0.6) is 5.75 Å². The second-order valence-electron chi connectivity index (χ2n) is 6.32. The molecule has 0 bridgehead atoms. The summed E-state index contributed by atoms with van der Waals surface area (Å²) in [6, 6.07) is 5.70. The van der Waals surface area contributed by atoms with Crippen molar-refractivity contribution < 1.29 is 23.9 Å². The minimum atomic E-state index is -0.931. The lowest BCUT2D eigenvalue weighted by atomic mass is 10.1. The molecule has 2 atom stereocenters. The summed E-state index contributed by atoms with van der Waals surface area (Å²) in [5.74, 6) is -0.535. The minimum Gasteiger partial charge on any atom is -0.497 e. The zero-order chi connectivity index (χ0) is 21.1. The Labute approximate surface area is 165 Å². The maximum Gasteiger partial charge on any atom is 0.328 e. The molecule has 1 rings (SSSR count). The molecule has 154 valence electrons. The summed E-state index contributed by atoms with van der Waals surface area (Å²) in [5.41, 5.74) is 6.45. The second-order valence-corrected chi connectivity index (χ2v) is 6.32. The van der Waals surface area contributed by atoms with Gasteiger partial charge < -0.3 is 25.4 Å². The molecule has 0 aliphatic carbocycles. The molecule has 1 aromatic carbocycles. The van der Waals surface area contributed by atoms with Crippen LogP contribution in [0, 0.1) is 0 Å². The van der Waals surface area contributed by atoms with Crippen molar-refractivity contribution in [2.75, 3.05) is 20.8 Å². The maximum absolute atomic E-state index is 12.7. The van der Waals surface area contributed by atoms with Crippen molar-refractivity contribution in [3.63, 3.8) is 0 Å². The first-order chi connectivity index (χ1) is 13.3. The summed E-state index contributed by atoms with van der Waals surface area (Å²) in [7, 11) is 2.81. The first kappa shape index (κ1) is 23.2. The molecule has 0 radical (unpaired) electrons. The van der Waals surface area contributed by atoms with Gasteiger partial charge in [0.1, 0.15) is 11.8 Å². The van der Waals surface area contributed by atoms with Crippen LogP contribution < -0.4 is 15.8 Å². The fraction of sp³-hybridized carbons (Fsp3) is 0.450. The Morgan fingerprint density at radius 1 is 1.25 bits per heavy atom. The van der Waals surface area contributed by atoms with Gasteiger partial charge in [0.2, 0.25) is 11.8 Å². The van der Waals surface area contributed by atoms with Crippen LogP contribution in [0.1, 0.15) is 25.3 Å². The van der Waals surface area contributed by atoms with E-state index >= 15 is 0 Å². The van der Waals surface area contributed by atoms with Crippen molar-refractivity contribution in [1.82, 2.24) is 10.2 Å². The van der Waals surface area contributed by atoms with E-state index in [1.807, 2.05) is 24.3 Å². The molecule has 2 amide bonds. The number of methoxy groups -OCH3 is 2. The smallest absolute Gasteiger partial charge is 0.328 e. The minimum absolute atomic E-state index is 0.0585. The number of rotatable bonds is 11. The van der Waals surface area contributed by atoms with Crippen LogP contribution in [0.15, 0.2) is 36.9 Å². The molecule has 3 N–H and O–H groups in total. The van der Waals surface area contributed by atoms with E-state index in [1.165, 1.54) is 14.0 Å². The summed E-state index contributed by atoms with van der Waals surface area (Å²) in [4.78, 5) is 38.0. The van der Waals surface area contributed by atoms with Crippen LogP contribution >= 0.6 is 0 Å². The number of nitrogens with one attached hydrogen (secondary N) is 1. The largest absolute Gasteiger partial charge is 0.497 e. The number of hydrogen-bond acceptors (Lipinski definition) is 6. The number of esters is 1. The maximum atomic E-state index is 12.7. The molecule has 0 aromatic heterocycles. The van der Waals surface area contributed by atoms with E-state index in [4.69, 9.17) is 15.2 Å². The Morgan fingerprint density at radius 3 is 2.39 bits per heavy atom. The lowest BCUT2D eigenvalue weighted by Gasteiger charge is -2.23. The Morgan fingerprint density at radius 2 is 1.89 bits per heavy atom. The van der Waals surface area contributed by atoms with Gasteiger partial charge >= 0.3 is 5.97 Å². The van der Waals surface area contributed by atoms with Gasteiger partial charge in [-0.25, -0.2) is 4.79 Å². The lowest BCUT2D eigenvalue weighted by molar-refractivity contribution is -0.145. The van der Waals surface area contributed by atoms with Crippen molar-refractivity contribution in [2.45, 2.75) is 38.4 Å². The van der Waals surface area contributed by atoms with Gasteiger partial charge in [0.25, 0.3) is 0 Å². The number of nitrogens with two attached hydrogens (primary N) is 1. The van der Waals surface area contributed by atoms with Gasteiger partial charge in [0.15, 0.2) is 0 Å². The molecule has 8 heteroatoms. The second kappa shape index (κ2) is 11.8. The van der Waals surface area contributed by atoms with E-state index < -0.39 is 24.0 Å². The summed E-state index contributed by atoms with van der Waals surface area (Å²) in [6.07, 6.45) is 1.81. The van der Waals surface area contributed by atoms with Crippen LogP contribution in [-0.2, 0) is 25.7 Å². The number of carbonyl (C=O) groups excluding carboxylic acids is 3. The van der Waals surface area contributed by atoms with Crippen LogP contribution in [0.2, 0.25) is 0 Å². The zero-order valence-corrected chi connectivity index (χ0v) is 16.6. The third kappa shape index (κ3) is 7.40. The molecule has 0 spiro atoms. The van der Waals surface area contributed by atoms with E-state index in [2.05, 4.69) is 11.9 Å². The topological polar surface area (TPSA) is 111 Å². The molecular weight excluding hydrogens is 362 g/mol. The standard InChI is InChI=1S/C20H29N3O5/c1-5-12-23(13-15-6-8-16(27-3)9-7-15)18(24)11-10-17(20(26)28-4)22-19(25)14(2)21/h5-9,14,17H,1,10-13,21H2,2-4H3,(H,22,25)/t14-,17+/m1/s1. The van der Waals surface area contributed by atoms with Crippen molar-refractivity contribution >= 4 is 17.8 Å². The van der Waals surface area contributed by atoms with E-state index in [0.717, 1.165) is 11.3 Å². The summed E-state index contributed by atoms with van der Waals surface area (Å²) < 4.78 is 9.83. The zero-order valence-electron chi connectivity index (χ0n) is 16.6. The van der Waals surface area contributed by atoms with Crippen molar-refractivity contribution in [3.8, 4) is 5.75 Å². The van der Waals surface area contributed by atoms with E-state index in [1.54, 1.807) is 18.1 Å². The van der Waals surface area contributed by atoms with Crippen molar-refractivity contribution in [3.05, 3.63) is 42.5 Å². The summed E-state index contributed by atoms with van der Waals surface area (Å²) in [6.45, 7) is 5.95. The Balaban J connectivity index is 2.75. The molecular formula is C20H29N3O5. The molecule has 0 heterocycles. The van der Waals surface area contributed by atoms with Crippen molar-refractivity contribution in [2.24, 2.45) is 5.73 Å². The normalized spacial score (nSPS) is 12.4. The fourth-order valence-corrected chi connectivity index (χ4v) is 2.48. The molecule has 0 saturated carbocycles. The van der Waals surface area contributed by atoms with Gasteiger partial charge in [-0.15, -0.1) is 6.58 Å². The Kier molecular flexibility index (Phi) is 9.73. The average Bonchev–Trinajstić information content (AvgIpc) is 2.70. The predicted octanol–water partition coefficient (Wildman–Crippen LogP) is 0.995. The fourth-order valence-electron chi connectivity index (χ4n) is 2.48. The van der Waals surface area contributed by atoms with Gasteiger partial charge in [-0.05, 0) is 31.0 Å². The average molecular weight is 391 g/mol. The first-order valence-corrected chi connectivity index (χ1v) is 8.97. The molecule has 0 fully saturated rings. The summed E-state index contributed by atoms with van der Waals surface area (Å²) >= 11 is 0. The van der Waals surface area contributed by atoms with Crippen LogP contribution in [0.3, 0.4) is 0 Å². The van der Waals surface area contributed by atoms with Crippen LogP contribution in [0.4, 0.5) is 0 Å². The van der Waals surface area contributed by atoms with E-state index in [-0.39, 0.29) is 18.7 Å². The number of benzene rings is 1. The molecule has 0 unspecified atom stereocenters. The van der Waals surface area contributed by atoms with Crippen molar-refractivity contribution in [1.29, 1.82) is 0 Å². The monoisotopic (exact) mass is 391 g/mol. The van der Waals surface area contributed by atoms with E-state index in [0.29, 0.717) is 13.1 Å². The molecule has 8 nitrogen and oxygen atoms in total. The Hall–Kier alpha value is -2.87. The number of carbonyl (C=O) groups is 3. The molecule has 0 aliphatic heterocycles. The summed E-state index contributed by atoms with van der Waals surface area (Å²) in [5, 5.41) is 2.51. The highest BCUT2D eigenvalue weighted by Crippen LogP contribution is 2.14. The third-order valence-electron chi connectivity index (χ3n) is 4.10. The lowest BCUT2D eigenvalue weighted by Crippen LogP contribution is -2.48. The molecule has 28 heavy (non-hydrogen) atoms. The molecule has 0 saturated heterocycles. The number of nitrogens with zero attached hydrogens (tertiary/aromatic N) is 1. The first-order valence-electron chi connectivity index (χ1n) is 8.97. The molecule has 1 aromatic rings. The number of hydrogen-bond donors (Lipinski definition) is 2. The third-order valence-corrected chi connectivity index (χ3v) is 4.10. The van der Waals surface area contributed by atoms with Gasteiger partial charge in [-0.3, -0.25) is 9.59 Å². The highest BCUT2D eigenvalue weighted by Gasteiger charge is 2.25. The van der Waals surface area contributed by atoms with Gasteiger partial charge in [-0.1, -0.05) is 18.2 Å². The quantitative estimate of drug-likeness (QED) is 0.430. The predicted molar refractivity (Wildman–Crippen MR) is 105 cm³/mol. The number of amides is 2. The van der Waals surface area contributed by atoms with E-state index in [9.17, 15) is 14.4 Å². The van der Waals surface area contributed by atoms with Gasteiger partial charge in [-0.2, -0.15) is 0 Å². The highest BCUT2D eigenvalue weighted by molar-refractivity contribution is 5.87. The van der Waals surface area contributed by atoms with Gasteiger partial charge in [0.05, 0.1) is 20.3 Å².